The van der Waals surface area contributed by atoms with Gasteiger partial charge >= 0.3 is 0 Å². The van der Waals surface area contributed by atoms with Crippen LogP contribution in [0.2, 0.25) is 0 Å². The van der Waals surface area contributed by atoms with Gasteiger partial charge in [0.2, 0.25) is 5.91 Å². The molecular formula is C23H29N3O2. The van der Waals surface area contributed by atoms with Gasteiger partial charge in [-0.2, -0.15) is 0 Å². The number of aromatic nitrogens is 1. The van der Waals surface area contributed by atoms with Crippen molar-refractivity contribution in [3.05, 3.63) is 47.8 Å². The number of hydrogen-bond acceptors (Lipinski definition) is 4. The van der Waals surface area contributed by atoms with Crippen molar-refractivity contribution in [3.63, 3.8) is 0 Å². The van der Waals surface area contributed by atoms with Crippen LogP contribution >= 0.6 is 0 Å². The number of aryl methyl sites for hydroxylation is 1. The minimum Gasteiger partial charge on any atom is -0.323 e. The molecule has 5 heteroatoms. The first-order valence-electron chi connectivity index (χ1n) is 10.1. The molecule has 0 radical (unpaired) electrons. The number of anilines is 1. The molecule has 0 unspecified atom stereocenters. The smallest absolute Gasteiger partial charge is 0.238 e. The third kappa shape index (κ3) is 5.26. The fourth-order valence-electron chi connectivity index (χ4n) is 3.06. The molecule has 148 valence electrons. The van der Waals surface area contributed by atoms with Crippen LogP contribution in [0.3, 0.4) is 0 Å². The highest BCUT2D eigenvalue weighted by atomic mass is 16.2. The van der Waals surface area contributed by atoms with E-state index in [4.69, 9.17) is 0 Å². The van der Waals surface area contributed by atoms with E-state index in [0.29, 0.717) is 17.3 Å². The summed E-state index contributed by atoms with van der Waals surface area (Å²) in [6.45, 7) is 6.90. The number of pyridine rings is 1. The number of nitrogens with one attached hydrogen (secondary N) is 2. The normalized spacial score (nSPS) is 13.6. The van der Waals surface area contributed by atoms with Crippen LogP contribution in [0.5, 0.6) is 0 Å². The predicted molar refractivity (Wildman–Crippen MR) is 112 cm³/mol. The maximum Gasteiger partial charge on any atom is 0.238 e. The molecule has 5 nitrogen and oxygen atoms in total. The number of carbonyl (C=O) groups is 2. The molecule has 0 saturated heterocycles. The van der Waals surface area contributed by atoms with Crippen molar-refractivity contribution in [1.82, 2.24) is 10.3 Å². The third-order valence-corrected chi connectivity index (χ3v) is 5.00. The Bertz CT molecular complexity index is 857. The highest BCUT2D eigenvalue weighted by Gasteiger charge is 2.22. The van der Waals surface area contributed by atoms with E-state index in [9.17, 15) is 9.59 Å². The molecule has 28 heavy (non-hydrogen) atoms. The second-order valence-electron chi connectivity index (χ2n) is 7.82. The first-order chi connectivity index (χ1) is 13.5. The molecule has 0 aliphatic heterocycles. The Kier molecular flexibility index (Phi) is 6.57. The zero-order valence-corrected chi connectivity index (χ0v) is 16.9. The van der Waals surface area contributed by atoms with Gasteiger partial charge in [0.05, 0.1) is 12.2 Å². The Labute approximate surface area is 167 Å². The third-order valence-electron chi connectivity index (χ3n) is 5.00. The maximum absolute atomic E-state index is 12.6. The van der Waals surface area contributed by atoms with E-state index < -0.39 is 0 Å². The van der Waals surface area contributed by atoms with Gasteiger partial charge in [-0.25, -0.2) is 0 Å². The largest absolute Gasteiger partial charge is 0.323 e. The summed E-state index contributed by atoms with van der Waals surface area (Å²) in [6.07, 6.45) is 5.14. The fourth-order valence-corrected chi connectivity index (χ4v) is 3.06. The van der Waals surface area contributed by atoms with Crippen LogP contribution in [0.4, 0.5) is 5.69 Å². The van der Waals surface area contributed by atoms with Crippen molar-refractivity contribution in [3.8, 4) is 11.1 Å². The minimum absolute atomic E-state index is 0.0740. The molecule has 1 aliphatic rings. The summed E-state index contributed by atoms with van der Waals surface area (Å²) >= 11 is 0. The summed E-state index contributed by atoms with van der Waals surface area (Å²) in [5.41, 5.74) is 3.95. The zero-order valence-electron chi connectivity index (χ0n) is 16.9. The molecule has 1 aliphatic carbocycles. The number of benzene rings is 1. The van der Waals surface area contributed by atoms with Gasteiger partial charge in [-0.1, -0.05) is 45.0 Å². The summed E-state index contributed by atoms with van der Waals surface area (Å²) in [6, 6.07) is 10.1. The van der Waals surface area contributed by atoms with Crippen LogP contribution in [0, 0.1) is 11.8 Å². The Balaban J connectivity index is 1.84. The maximum atomic E-state index is 12.6. The molecule has 1 amide bonds. The highest BCUT2D eigenvalue weighted by Crippen LogP contribution is 2.28. The number of Topliss-reactive ketones (excluding diaryl/α,β-unsaturated/α-hetero) is 1. The number of rotatable bonds is 9. The molecule has 3 rings (SSSR count). The van der Waals surface area contributed by atoms with Crippen molar-refractivity contribution in [1.29, 1.82) is 0 Å². The topological polar surface area (TPSA) is 71.1 Å². The summed E-state index contributed by atoms with van der Waals surface area (Å²) in [4.78, 5) is 29.4. The second-order valence-corrected chi connectivity index (χ2v) is 7.82. The highest BCUT2D eigenvalue weighted by molar-refractivity contribution is 6.05. The molecule has 0 bridgehead atoms. The number of hydrogen-bond donors (Lipinski definition) is 2. The standard InChI is InChI=1S/C23H29N3O2/c1-4-16-6-5-7-18(10-16)19-11-20(22(25-13-19)23(28)15(2)3)26-21(27)14-24-12-17-8-9-17/h5-7,10-11,13,15,17,24H,4,8-9,12,14H2,1-3H3,(H,26,27). The van der Waals surface area contributed by atoms with E-state index in [1.54, 1.807) is 6.20 Å². The van der Waals surface area contributed by atoms with Gasteiger partial charge < -0.3 is 10.6 Å². The molecule has 1 heterocycles. The van der Waals surface area contributed by atoms with Gasteiger partial charge in [0, 0.05) is 17.7 Å². The number of ketones is 1. The van der Waals surface area contributed by atoms with E-state index in [2.05, 4.69) is 34.7 Å². The van der Waals surface area contributed by atoms with Crippen molar-refractivity contribution >= 4 is 17.4 Å². The van der Waals surface area contributed by atoms with E-state index in [1.165, 1.54) is 18.4 Å². The Morgan fingerprint density at radius 3 is 2.64 bits per heavy atom. The zero-order chi connectivity index (χ0) is 20.1. The molecule has 2 aromatic rings. The van der Waals surface area contributed by atoms with Crippen LogP contribution < -0.4 is 10.6 Å². The lowest BCUT2D eigenvalue weighted by molar-refractivity contribution is -0.115. The van der Waals surface area contributed by atoms with Gasteiger partial charge in [0.1, 0.15) is 5.69 Å². The average molecular weight is 380 g/mol. The number of nitrogens with zero attached hydrogens (tertiary/aromatic N) is 1. The SMILES string of the molecule is CCc1cccc(-c2cnc(C(=O)C(C)C)c(NC(=O)CNCC3CC3)c2)c1. The summed E-state index contributed by atoms with van der Waals surface area (Å²) in [5.74, 6) is 0.293. The minimum atomic E-state index is -0.189. The van der Waals surface area contributed by atoms with E-state index in [-0.39, 0.29) is 24.2 Å². The van der Waals surface area contributed by atoms with E-state index >= 15 is 0 Å². The first kappa shape index (κ1) is 20.2. The molecule has 0 atom stereocenters. The average Bonchev–Trinajstić information content (AvgIpc) is 3.51. The summed E-state index contributed by atoms with van der Waals surface area (Å²) in [7, 11) is 0. The Hall–Kier alpha value is -2.53. The quantitative estimate of drug-likeness (QED) is 0.644. The molecule has 0 spiro atoms. The lowest BCUT2D eigenvalue weighted by Crippen LogP contribution is -2.30. The van der Waals surface area contributed by atoms with Crippen LogP contribution in [-0.2, 0) is 11.2 Å². The molecular weight excluding hydrogens is 350 g/mol. The van der Waals surface area contributed by atoms with Crippen LogP contribution in [0.25, 0.3) is 11.1 Å². The van der Waals surface area contributed by atoms with Gasteiger partial charge in [0.25, 0.3) is 0 Å². The van der Waals surface area contributed by atoms with Crippen LogP contribution in [0.15, 0.2) is 36.5 Å². The predicted octanol–water partition coefficient (Wildman–Crippen LogP) is 4.09. The lowest BCUT2D eigenvalue weighted by Gasteiger charge is -2.14. The van der Waals surface area contributed by atoms with E-state index in [1.807, 2.05) is 32.0 Å². The van der Waals surface area contributed by atoms with Gasteiger partial charge in [-0.05, 0) is 48.9 Å². The monoisotopic (exact) mass is 379 g/mol. The molecule has 2 N–H and O–H groups in total. The number of amides is 1. The fraction of sp³-hybridized carbons (Fsp3) is 0.435. The van der Waals surface area contributed by atoms with E-state index in [0.717, 1.165) is 24.1 Å². The van der Waals surface area contributed by atoms with Crippen molar-refractivity contribution < 1.29 is 9.59 Å². The van der Waals surface area contributed by atoms with Crippen molar-refractivity contribution in [2.45, 2.75) is 40.0 Å². The molecule has 1 saturated carbocycles. The lowest BCUT2D eigenvalue weighted by atomic mass is 10.00. The van der Waals surface area contributed by atoms with Crippen LogP contribution in [-0.4, -0.2) is 29.8 Å². The Morgan fingerprint density at radius 2 is 1.96 bits per heavy atom. The van der Waals surface area contributed by atoms with Gasteiger partial charge in [0.15, 0.2) is 5.78 Å². The summed E-state index contributed by atoms with van der Waals surface area (Å²) in [5, 5.41) is 6.08. The first-order valence-corrected chi connectivity index (χ1v) is 10.1. The Morgan fingerprint density at radius 1 is 1.18 bits per heavy atom. The summed E-state index contributed by atoms with van der Waals surface area (Å²) < 4.78 is 0. The van der Waals surface area contributed by atoms with Gasteiger partial charge in [-0.15, -0.1) is 0 Å². The van der Waals surface area contributed by atoms with Crippen molar-refractivity contribution in [2.24, 2.45) is 11.8 Å². The van der Waals surface area contributed by atoms with Crippen LogP contribution in [0.1, 0.15) is 49.7 Å². The molecule has 1 aromatic heterocycles. The second kappa shape index (κ2) is 9.11. The molecule has 1 aromatic carbocycles. The molecule has 1 fully saturated rings. The van der Waals surface area contributed by atoms with Gasteiger partial charge in [-0.3, -0.25) is 14.6 Å². The number of carbonyl (C=O) groups excluding carboxylic acids is 2. The van der Waals surface area contributed by atoms with Crippen molar-refractivity contribution in [2.75, 3.05) is 18.4 Å².